The van der Waals surface area contributed by atoms with Crippen LogP contribution in [0.5, 0.6) is 0 Å². The highest BCUT2D eigenvalue weighted by Crippen LogP contribution is 2.28. The Kier molecular flexibility index (Phi) is 4.73. The molecule has 0 bridgehead atoms. The van der Waals surface area contributed by atoms with Gasteiger partial charge in [0.05, 0.1) is 4.47 Å². The Labute approximate surface area is 154 Å². The number of halogens is 2. The van der Waals surface area contributed by atoms with Crippen molar-refractivity contribution in [1.29, 1.82) is 0 Å². The molecule has 0 saturated carbocycles. The van der Waals surface area contributed by atoms with Crippen LogP contribution in [0.3, 0.4) is 0 Å². The van der Waals surface area contributed by atoms with Crippen LogP contribution in [-0.2, 0) is 0 Å². The van der Waals surface area contributed by atoms with Gasteiger partial charge in [-0.1, -0.05) is 28.1 Å². The highest BCUT2D eigenvalue weighted by Gasteiger charge is 2.15. The summed E-state index contributed by atoms with van der Waals surface area (Å²) in [6.45, 7) is 1.94. The highest BCUT2D eigenvalue weighted by atomic mass is 79.9. The molecule has 7 heteroatoms. The van der Waals surface area contributed by atoms with Gasteiger partial charge in [0.25, 0.3) is 11.5 Å². The molecule has 0 aliphatic rings. The van der Waals surface area contributed by atoms with Gasteiger partial charge in [0.15, 0.2) is 5.58 Å². The van der Waals surface area contributed by atoms with Gasteiger partial charge in [-0.25, -0.2) is 0 Å². The lowest BCUT2D eigenvalue weighted by atomic mass is 10.1. The molecule has 0 fully saturated rings. The molecule has 122 valence electrons. The van der Waals surface area contributed by atoms with Crippen molar-refractivity contribution in [2.45, 2.75) is 6.92 Å². The second-order valence-electron chi connectivity index (χ2n) is 5.19. The Morgan fingerprint density at radius 3 is 2.71 bits per heavy atom. The number of aryl methyl sites for hydroxylation is 1. The Bertz CT molecular complexity index is 1010. The van der Waals surface area contributed by atoms with Crippen LogP contribution in [0, 0.1) is 6.92 Å². The van der Waals surface area contributed by atoms with Crippen molar-refractivity contribution >= 4 is 54.4 Å². The molecule has 0 radical (unpaired) electrons. The molecule has 3 aromatic rings. The molecule has 2 N–H and O–H groups in total. The van der Waals surface area contributed by atoms with Crippen molar-refractivity contribution in [2.24, 2.45) is 5.16 Å². The third-order valence-electron chi connectivity index (χ3n) is 3.38. The predicted molar refractivity (Wildman–Crippen MR) is 98.1 cm³/mol. The first-order valence-electron chi connectivity index (χ1n) is 6.97. The lowest BCUT2D eigenvalue weighted by Gasteiger charge is -2.08. The third kappa shape index (κ3) is 3.37. The van der Waals surface area contributed by atoms with E-state index in [1.807, 2.05) is 31.2 Å². The van der Waals surface area contributed by atoms with Gasteiger partial charge < -0.3 is 14.9 Å². The molecule has 5 nitrogen and oxygen atoms in total. The molecule has 3 rings (SSSR count). The number of nitrogens with zero attached hydrogens (tertiary/aromatic N) is 1. The van der Waals surface area contributed by atoms with Gasteiger partial charge in [-0.2, -0.15) is 0 Å². The van der Waals surface area contributed by atoms with E-state index in [2.05, 4.69) is 42.3 Å². The fraction of sp³-hybridized carbons (Fsp3) is 0.0588. The van der Waals surface area contributed by atoms with Crippen LogP contribution in [0.15, 0.2) is 61.0 Å². The van der Waals surface area contributed by atoms with Gasteiger partial charge >= 0.3 is 0 Å². The van der Waals surface area contributed by atoms with E-state index in [4.69, 9.17) is 4.42 Å². The number of hydrogen-bond donors (Lipinski definition) is 2. The van der Waals surface area contributed by atoms with Crippen LogP contribution in [0.4, 0.5) is 5.69 Å². The molecular weight excluding hydrogens is 440 g/mol. The van der Waals surface area contributed by atoms with Crippen molar-refractivity contribution < 1.29 is 14.4 Å². The molecule has 0 saturated heterocycles. The molecular formula is C17H12Br2N2O3. The van der Waals surface area contributed by atoms with Crippen molar-refractivity contribution in [1.82, 2.24) is 0 Å². The topological polar surface area (TPSA) is 74.8 Å². The maximum atomic E-state index is 12.6. The van der Waals surface area contributed by atoms with E-state index in [1.54, 1.807) is 18.2 Å². The minimum atomic E-state index is -0.421. The monoisotopic (exact) mass is 450 g/mol. The van der Waals surface area contributed by atoms with E-state index in [1.165, 1.54) is 0 Å². The zero-order valence-corrected chi connectivity index (χ0v) is 15.7. The summed E-state index contributed by atoms with van der Waals surface area (Å²) in [6, 6.07) is 12.7. The highest BCUT2D eigenvalue weighted by molar-refractivity contribution is 9.11. The van der Waals surface area contributed by atoms with Gasteiger partial charge in [0, 0.05) is 15.5 Å². The molecule has 1 heterocycles. The summed E-state index contributed by atoms with van der Waals surface area (Å²) in [4.78, 5) is 12.6. The first-order valence-corrected chi connectivity index (χ1v) is 8.55. The number of nitrogens with one attached hydrogen (secondary N) is 1. The van der Waals surface area contributed by atoms with Crippen LogP contribution in [0.1, 0.15) is 15.9 Å². The summed E-state index contributed by atoms with van der Waals surface area (Å²) in [5.41, 5.74) is 2.14. The van der Waals surface area contributed by atoms with Crippen LogP contribution in [-0.4, -0.2) is 11.1 Å². The molecule has 24 heavy (non-hydrogen) atoms. The van der Waals surface area contributed by atoms with Gasteiger partial charge in [-0.3, -0.25) is 4.79 Å². The fourth-order valence-electron chi connectivity index (χ4n) is 2.32. The summed E-state index contributed by atoms with van der Waals surface area (Å²) in [5.74, 6) is -0.421. The van der Waals surface area contributed by atoms with Crippen LogP contribution in [0.25, 0.3) is 11.0 Å². The van der Waals surface area contributed by atoms with Crippen LogP contribution < -0.4 is 10.9 Å². The maximum absolute atomic E-state index is 12.6. The summed E-state index contributed by atoms with van der Waals surface area (Å²) in [7, 11) is 0. The van der Waals surface area contributed by atoms with E-state index in [0.29, 0.717) is 21.1 Å². The van der Waals surface area contributed by atoms with Crippen LogP contribution in [0.2, 0.25) is 0 Å². The van der Waals surface area contributed by atoms with Gasteiger partial charge in [-0.15, -0.1) is 0 Å². The lowest BCUT2D eigenvalue weighted by molar-refractivity contribution is 0.102. The minimum absolute atomic E-state index is 0.136. The minimum Gasteiger partial charge on any atom is -0.434 e. The van der Waals surface area contributed by atoms with Crippen molar-refractivity contribution in [3.05, 3.63) is 68.1 Å². The Morgan fingerprint density at radius 2 is 2.00 bits per heavy atom. The third-order valence-corrected chi connectivity index (χ3v) is 4.42. The normalized spacial score (nSPS) is 11.7. The zero-order chi connectivity index (χ0) is 17.3. The SMILES string of the molecule is Cc1cccc(NC(=O)c2cc3cc(Br)cc(Br)c3oc2=NO)c1. The van der Waals surface area contributed by atoms with Crippen molar-refractivity contribution in [2.75, 3.05) is 5.32 Å². The fourth-order valence-corrected chi connectivity index (χ4v) is 3.66. The number of carbonyl (C=O) groups is 1. The molecule has 1 aromatic heterocycles. The molecule has 0 atom stereocenters. The average Bonchev–Trinajstić information content (AvgIpc) is 2.53. The second-order valence-corrected chi connectivity index (χ2v) is 6.96. The Balaban J connectivity index is 2.09. The number of rotatable bonds is 2. The molecule has 2 aromatic carbocycles. The maximum Gasteiger partial charge on any atom is 0.268 e. The molecule has 1 amide bonds. The Morgan fingerprint density at radius 1 is 1.21 bits per heavy atom. The molecule has 0 unspecified atom stereocenters. The van der Waals surface area contributed by atoms with Crippen molar-refractivity contribution in [3.8, 4) is 0 Å². The van der Waals surface area contributed by atoms with Crippen LogP contribution >= 0.6 is 31.9 Å². The number of fused-ring (bicyclic) bond motifs is 1. The first-order chi connectivity index (χ1) is 11.5. The molecule has 0 spiro atoms. The summed E-state index contributed by atoms with van der Waals surface area (Å²) < 4.78 is 7.08. The van der Waals surface area contributed by atoms with E-state index in [9.17, 15) is 10.0 Å². The molecule has 0 aliphatic carbocycles. The van der Waals surface area contributed by atoms with E-state index >= 15 is 0 Å². The average molecular weight is 452 g/mol. The van der Waals surface area contributed by atoms with E-state index in [0.717, 1.165) is 10.0 Å². The van der Waals surface area contributed by atoms with Crippen molar-refractivity contribution in [3.63, 3.8) is 0 Å². The van der Waals surface area contributed by atoms with Gasteiger partial charge in [-0.05, 0) is 63.9 Å². The van der Waals surface area contributed by atoms with Gasteiger partial charge in [0.2, 0.25) is 0 Å². The summed E-state index contributed by atoms with van der Waals surface area (Å²) in [6.07, 6.45) is 0. The number of amides is 1. The Hall–Kier alpha value is -2.12. The standard InChI is InChI=1S/C17H12Br2N2O3/c1-9-3-2-4-12(5-9)20-16(22)13-7-10-6-11(18)8-14(19)15(10)24-17(13)21-23/h2-8,23H,1H3,(H,20,22). The van der Waals surface area contributed by atoms with E-state index in [-0.39, 0.29) is 11.1 Å². The number of anilines is 1. The summed E-state index contributed by atoms with van der Waals surface area (Å²) in [5, 5.41) is 15.8. The number of hydrogen-bond acceptors (Lipinski definition) is 4. The second kappa shape index (κ2) is 6.78. The zero-order valence-electron chi connectivity index (χ0n) is 12.5. The first kappa shape index (κ1) is 16.7. The number of carbonyl (C=O) groups excluding carboxylic acids is 1. The number of benzene rings is 2. The van der Waals surface area contributed by atoms with Gasteiger partial charge in [0.1, 0.15) is 5.56 Å². The summed E-state index contributed by atoms with van der Waals surface area (Å²) >= 11 is 6.78. The smallest absolute Gasteiger partial charge is 0.268 e. The quantitative estimate of drug-likeness (QED) is 0.433. The largest absolute Gasteiger partial charge is 0.434 e. The van der Waals surface area contributed by atoms with E-state index < -0.39 is 5.91 Å². The predicted octanol–water partition coefficient (Wildman–Crippen LogP) is 4.81. The lowest BCUT2D eigenvalue weighted by Crippen LogP contribution is -2.21. The molecule has 0 aliphatic heterocycles.